The van der Waals surface area contributed by atoms with Gasteiger partial charge in [-0.2, -0.15) is 0 Å². The number of esters is 1. The summed E-state index contributed by atoms with van der Waals surface area (Å²) in [5, 5.41) is 9.77. The maximum absolute atomic E-state index is 11.4. The maximum Gasteiger partial charge on any atom is 0.307 e. The summed E-state index contributed by atoms with van der Waals surface area (Å²) in [5.74, 6) is -0.393. The second kappa shape index (κ2) is 4.08. The Bertz CT molecular complexity index is 242. The highest BCUT2D eigenvalue weighted by molar-refractivity contribution is 5.70. The number of ether oxygens (including phenoxy) is 2. The molecule has 0 aromatic carbocycles. The van der Waals surface area contributed by atoms with E-state index in [1.807, 2.05) is 0 Å². The van der Waals surface area contributed by atoms with Crippen molar-refractivity contribution in [3.05, 3.63) is 0 Å². The van der Waals surface area contributed by atoms with Crippen LogP contribution in [-0.2, 0) is 14.3 Å². The van der Waals surface area contributed by atoms with Gasteiger partial charge in [-0.1, -0.05) is 0 Å². The average molecular weight is 217 g/mol. The zero-order chi connectivity index (χ0) is 11.7. The van der Waals surface area contributed by atoms with Gasteiger partial charge in [-0.05, 0) is 20.8 Å². The number of hydrogen-bond acceptors (Lipinski definition) is 5. The Balaban J connectivity index is 2.38. The number of aliphatic hydroxyl groups is 1. The van der Waals surface area contributed by atoms with Crippen LogP contribution < -0.4 is 5.73 Å². The predicted octanol–water partition coefficient (Wildman–Crippen LogP) is -0.193. The minimum atomic E-state index is -1.06. The largest absolute Gasteiger partial charge is 0.460 e. The van der Waals surface area contributed by atoms with Crippen molar-refractivity contribution < 1.29 is 19.4 Å². The molecule has 3 N–H and O–H groups in total. The van der Waals surface area contributed by atoms with E-state index in [9.17, 15) is 9.90 Å². The molecule has 0 spiro atoms. The van der Waals surface area contributed by atoms with Crippen molar-refractivity contribution >= 4 is 5.97 Å². The average Bonchev–Trinajstić information content (AvgIpc) is 1.95. The minimum Gasteiger partial charge on any atom is -0.460 e. The molecule has 1 fully saturated rings. The van der Waals surface area contributed by atoms with E-state index in [0.717, 1.165) is 0 Å². The van der Waals surface area contributed by atoms with Crippen molar-refractivity contribution in [2.45, 2.75) is 44.4 Å². The van der Waals surface area contributed by atoms with Crippen LogP contribution in [0.4, 0.5) is 0 Å². The SMILES string of the molecule is CC(C)(C)OC(=O)C[C@H](N)C1(O)COC1. The molecule has 1 aliphatic rings. The van der Waals surface area contributed by atoms with Crippen molar-refractivity contribution in [1.29, 1.82) is 0 Å². The zero-order valence-corrected chi connectivity index (χ0v) is 9.45. The monoisotopic (exact) mass is 217 g/mol. The molecule has 1 atom stereocenters. The highest BCUT2D eigenvalue weighted by atomic mass is 16.6. The van der Waals surface area contributed by atoms with Crippen molar-refractivity contribution in [1.82, 2.24) is 0 Å². The van der Waals surface area contributed by atoms with Gasteiger partial charge in [0.2, 0.25) is 0 Å². The zero-order valence-electron chi connectivity index (χ0n) is 9.45. The van der Waals surface area contributed by atoms with Crippen LogP contribution in [0.15, 0.2) is 0 Å². The smallest absolute Gasteiger partial charge is 0.307 e. The molecule has 5 nitrogen and oxygen atoms in total. The Hall–Kier alpha value is -0.650. The van der Waals surface area contributed by atoms with Gasteiger partial charge >= 0.3 is 5.97 Å². The second-order valence-electron chi connectivity index (χ2n) is 4.99. The molecular weight excluding hydrogens is 198 g/mol. The normalized spacial score (nSPS) is 21.7. The molecule has 1 saturated heterocycles. The van der Waals surface area contributed by atoms with Gasteiger partial charge in [-0.3, -0.25) is 4.79 Å². The van der Waals surface area contributed by atoms with Crippen LogP contribution in [0, 0.1) is 0 Å². The fourth-order valence-corrected chi connectivity index (χ4v) is 1.28. The van der Waals surface area contributed by atoms with Gasteiger partial charge in [-0.15, -0.1) is 0 Å². The molecule has 0 amide bonds. The summed E-state index contributed by atoms with van der Waals surface area (Å²) < 4.78 is 9.96. The topological polar surface area (TPSA) is 81.8 Å². The lowest BCUT2D eigenvalue weighted by atomic mass is 9.90. The van der Waals surface area contributed by atoms with E-state index in [2.05, 4.69) is 0 Å². The predicted molar refractivity (Wildman–Crippen MR) is 54.2 cm³/mol. The third-order valence-electron chi connectivity index (χ3n) is 2.20. The summed E-state index contributed by atoms with van der Waals surface area (Å²) in [4.78, 5) is 11.4. The van der Waals surface area contributed by atoms with Crippen LogP contribution in [-0.4, -0.2) is 41.5 Å². The summed E-state index contributed by atoms with van der Waals surface area (Å²) in [6, 6.07) is -0.624. The van der Waals surface area contributed by atoms with Crippen LogP contribution >= 0.6 is 0 Å². The Kier molecular flexibility index (Phi) is 3.38. The molecule has 0 radical (unpaired) electrons. The molecular formula is C10H19NO4. The molecule has 0 unspecified atom stereocenters. The van der Waals surface area contributed by atoms with Crippen molar-refractivity contribution in [3.63, 3.8) is 0 Å². The fraction of sp³-hybridized carbons (Fsp3) is 0.900. The summed E-state index contributed by atoms with van der Waals surface area (Å²) in [7, 11) is 0. The van der Waals surface area contributed by atoms with Gasteiger partial charge in [-0.25, -0.2) is 0 Å². The molecule has 1 heterocycles. The molecule has 0 saturated carbocycles. The van der Waals surface area contributed by atoms with Crippen LogP contribution in [0.3, 0.4) is 0 Å². The van der Waals surface area contributed by atoms with E-state index >= 15 is 0 Å². The van der Waals surface area contributed by atoms with E-state index in [-0.39, 0.29) is 19.6 Å². The minimum absolute atomic E-state index is 0.0110. The van der Waals surface area contributed by atoms with E-state index in [4.69, 9.17) is 15.2 Å². The lowest BCUT2D eigenvalue weighted by Gasteiger charge is -2.40. The van der Waals surface area contributed by atoms with E-state index in [0.29, 0.717) is 0 Å². The van der Waals surface area contributed by atoms with Crippen LogP contribution in [0.1, 0.15) is 27.2 Å². The number of hydrogen-bond donors (Lipinski definition) is 2. The Morgan fingerprint density at radius 2 is 2.13 bits per heavy atom. The standard InChI is InChI=1S/C10H19NO4/c1-9(2,3)15-8(12)4-7(11)10(13)5-14-6-10/h7,13H,4-6,11H2,1-3H3/t7-/m0/s1. The maximum atomic E-state index is 11.4. The highest BCUT2D eigenvalue weighted by Gasteiger charge is 2.43. The first-order chi connectivity index (χ1) is 6.73. The van der Waals surface area contributed by atoms with E-state index in [1.165, 1.54) is 0 Å². The Morgan fingerprint density at radius 3 is 2.47 bits per heavy atom. The summed E-state index contributed by atoms with van der Waals surface area (Å²) in [6.07, 6.45) is 0.0110. The molecule has 88 valence electrons. The molecule has 0 bridgehead atoms. The first kappa shape index (κ1) is 12.4. The number of nitrogens with two attached hydrogens (primary N) is 1. The van der Waals surface area contributed by atoms with Crippen molar-refractivity contribution in [2.75, 3.05) is 13.2 Å². The first-order valence-electron chi connectivity index (χ1n) is 5.00. The Morgan fingerprint density at radius 1 is 1.60 bits per heavy atom. The highest BCUT2D eigenvalue weighted by Crippen LogP contribution is 2.22. The van der Waals surface area contributed by atoms with Gasteiger partial charge < -0.3 is 20.3 Å². The third kappa shape index (κ3) is 3.44. The summed E-state index contributed by atoms with van der Waals surface area (Å²) >= 11 is 0. The fourth-order valence-electron chi connectivity index (χ4n) is 1.28. The van der Waals surface area contributed by atoms with Gasteiger partial charge in [0.15, 0.2) is 0 Å². The molecule has 0 aromatic rings. The lowest BCUT2D eigenvalue weighted by molar-refractivity contribution is -0.194. The Labute approximate surface area is 89.5 Å². The van der Waals surface area contributed by atoms with Gasteiger partial charge in [0.25, 0.3) is 0 Å². The molecule has 0 aliphatic carbocycles. The van der Waals surface area contributed by atoms with E-state index < -0.39 is 23.2 Å². The van der Waals surface area contributed by atoms with Gasteiger partial charge in [0, 0.05) is 6.04 Å². The number of carbonyl (C=O) groups is 1. The van der Waals surface area contributed by atoms with Crippen LogP contribution in [0.25, 0.3) is 0 Å². The van der Waals surface area contributed by atoms with Gasteiger partial charge in [0.05, 0.1) is 19.6 Å². The van der Waals surface area contributed by atoms with Gasteiger partial charge in [0.1, 0.15) is 11.2 Å². The molecule has 15 heavy (non-hydrogen) atoms. The van der Waals surface area contributed by atoms with Crippen LogP contribution in [0.5, 0.6) is 0 Å². The number of rotatable bonds is 3. The molecule has 5 heteroatoms. The quantitative estimate of drug-likeness (QED) is 0.640. The molecule has 1 aliphatic heterocycles. The lowest BCUT2D eigenvalue weighted by Crippen LogP contribution is -2.62. The van der Waals surface area contributed by atoms with Crippen LogP contribution in [0.2, 0.25) is 0 Å². The van der Waals surface area contributed by atoms with Crippen molar-refractivity contribution in [3.8, 4) is 0 Å². The second-order valence-corrected chi connectivity index (χ2v) is 4.99. The number of carbonyl (C=O) groups excluding carboxylic acids is 1. The third-order valence-corrected chi connectivity index (χ3v) is 2.20. The van der Waals surface area contributed by atoms with Crippen molar-refractivity contribution in [2.24, 2.45) is 5.73 Å². The molecule has 0 aromatic heterocycles. The summed E-state index contributed by atoms with van der Waals surface area (Å²) in [5.41, 5.74) is 4.13. The molecule has 1 rings (SSSR count). The summed E-state index contributed by atoms with van der Waals surface area (Å²) in [6.45, 7) is 5.75. The first-order valence-corrected chi connectivity index (χ1v) is 5.00. The van der Waals surface area contributed by atoms with E-state index in [1.54, 1.807) is 20.8 Å².